The molecule has 1 saturated carbocycles. The van der Waals surface area contributed by atoms with E-state index in [0.29, 0.717) is 11.3 Å². The molecule has 1 aliphatic heterocycles. The number of carbonyl (C=O) groups is 6. The van der Waals surface area contributed by atoms with Gasteiger partial charge >= 0.3 is 18.1 Å². The van der Waals surface area contributed by atoms with Gasteiger partial charge in [0, 0.05) is 26.7 Å². The number of rotatable bonds is 13. The number of alkyl halides is 3. The zero-order valence-electron chi connectivity index (χ0n) is 29.8. The minimum Gasteiger partial charge on any atom is -0.346 e. The van der Waals surface area contributed by atoms with Crippen LogP contribution in [0.15, 0.2) is 12.7 Å². The van der Waals surface area contributed by atoms with Crippen LogP contribution in [0.3, 0.4) is 0 Å². The Morgan fingerprint density at radius 3 is 2.04 bits per heavy atom. The molecule has 4 N–H and O–H groups in total. The number of nitrogens with one attached hydrogen (secondary N) is 4. The first kappa shape index (κ1) is 40.5. The standard InChI is InChI=1S/C33H53F3N6O6/c1-12-14-19(23(43)26(45)37-15-13-2)38-25(44)22-21-18(32(21,9)10)16-42(22)27(46)24(31(6,7)8)40-29(48)39-20(30(3,4)5)17-41(11)28(47)33(34,35)36/h13,18-22,24H,2,12,14-17H2,1,3-11H3,(H,37,45)(H,38,44)(H2,39,40,48)/t18-,19?,20-,21-,22-,24+/m0/s1. The molecule has 48 heavy (non-hydrogen) atoms. The van der Waals surface area contributed by atoms with Crippen molar-refractivity contribution in [2.75, 3.05) is 26.7 Å². The van der Waals surface area contributed by atoms with Crippen LogP contribution >= 0.6 is 0 Å². The van der Waals surface area contributed by atoms with Crippen molar-refractivity contribution >= 4 is 35.4 Å². The molecule has 6 atom stereocenters. The third-order valence-corrected chi connectivity index (χ3v) is 9.39. The highest BCUT2D eigenvalue weighted by Gasteiger charge is 2.70. The molecular formula is C33H53F3N6O6. The zero-order chi connectivity index (χ0) is 37.2. The minimum absolute atomic E-state index is 0.0187. The van der Waals surface area contributed by atoms with E-state index in [9.17, 15) is 41.9 Å². The summed E-state index contributed by atoms with van der Waals surface area (Å²) >= 11 is 0. The summed E-state index contributed by atoms with van der Waals surface area (Å²) in [6, 6.07) is -5.01. The highest BCUT2D eigenvalue weighted by atomic mass is 19.4. The molecule has 0 radical (unpaired) electrons. The fourth-order valence-electron chi connectivity index (χ4n) is 6.29. The average Bonchev–Trinajstić information content (AvgIpc) is 3.27. The third-order valence-electron chi connectivity index (χ3n) is 9.39. The molecule has 15 heteroatoms. The molecule has 12 nitrogen and oxygen atoms in total. The van der Waals surface area contributed by atoms with E-state index in [1.807, 2.05) is 13.8 Å². The van der Waals surface area contributed by atoms with Gasteiger partial charge in [-0.15, -0.1) is 6.58 Å². The van der Waals surface area contributed by atoms with Gasteiger partial charge in [-0.25, -0.2) is 4.79 Å². The molecule has 1 heterocycles. The van der Waals surface area contributed by atoms with Crippen LogP contribution in [-0.2, 0) is 24.0 Å². The van der Waals surface area contributed by atoms with Crippen LogP contribution in [0.4, 0.5) is 18.0 Å². The van der Waals surface area contributed by atoms with Gasteiger partial charge in [-0.05, 0) is 34.5 Å². The number of halogens is 3. The molecule has 0 aromatic rings. The number of hydrogen-bond donors (Lipinski definition) is 4. The van der Waals surface area contributed by atoms with Gasteiger partial charge in [-0.2, -0.15) is 13.2 Å². The Bertz CT molecular complexity index is 1270. The lowest BCUT2D eigenvalue weighted by Gasteiger charge is -2.39. The Kier molecular flexibility index (Phi) is 12.5. The van der Waals surface area contributed by atoms with Crippen molar-refractivity contribution in [3.05, 3.63) is 12.7 Å². The molecule has 0 bridgehead atoms. The fraction of sp³-hybridized carbons (Fsp3) is 0.758. The van der Waals surface area contributed by atoms with Crippen molar-refractivity contribution in [3.8, 4) is 0 Å². The number of ketones is 1. The average molecular weight is 687 g/mol. The van der Waals surface area contributed by atoms with E-state index in [2.05, 4.69) is 27.8 Å². The Balaban J connectivity index is 2.32. The Morgan fingerprint density at radius 2 is 1.56 bits per heavy atom. The number of nitrogens with zero attached hydrogens (tertiary/aromatic N) is 2. The van der Waals surface area contributed by atoms with Crippen molar-refractivity contribution in [2.24, 2.45) is 28.1 Å². The lowest BCUT2D eigenvalue weighted by molar-refractivity contribution is -0.184. The molecule has 1 aliphatic carbocycles. The predicted molar refractivity (Wildman–Crippen MR) is 173 cm³/mol. The van der Waals surface area contributed by atoms with Gasteiger partial charge in [-0.3, -0.25) is 24.0 Å². The first-order chi connectivity index (χ1) is 21.8. The fourth-order valence-corrected chi connectivity index (χ4v) is 6.29. The number of hydrogen-bond acceptors (Lipinski definition) is 6. The number of piperidine rings is 1. The van der Waals surface area contributed by atoms with Crippen molar-refractivity contribution < 1.29 is 41.9 Å². The number of likely N-dealkylation sites (tertiary alicyclic amines) is 1. The van der Waals surface area contributed by atoms with Crippen molar-refractivity contribution in [3.63, 3.8) is 0 Å². The topological polar surface area (TPSA) is 157 Å². The zero-order valence-corrected chi connectivity index (χ0v) is 29.8. The summed E-state index contributed by atoms with van der Waals surface area (Å²) in [7, 11) is 0.993. The van der Waals surface area contributed by atoms with Gasteiger partial charge in [0.1, 0.15) is 12.1 Å². The number of likely N-dealkylation sites (N-methyl/N-ethyl adjacent to an activating group) is 1. The molecule has 0 spiro atoms. The van der Waals surface area contributed by atoms with Gasteiger partial charge in [-0.1, -0.05) is 74.8 Å². The summed E-state index contributed by atoms with van der Waals surface area (Å²) in [6.07, 6.45) is -2.96. The summed E-state index contributed by atoms with van der Waals surface area (Å²) < 4.78 is 39.1. The van der Waals surface area contributed by atoms with Crippen LogP contribution < -0.4 is 21.3 Å². The number of carbonyl (C=O) groups excluding carboxylic acids is 6. The van der Waals surface area contributed by atoms with Gasteiger partial charge in [0.15, 0.2) is 0 Å². The molecule has 0 aromatic heterocycles. The SMILES string of the molecule is C=CCNC(=O)C(=O)C(CCC)NC(=O)[C@@H]1[C@@H]2[C@H](CN1C(=O)[C@@H](NC(=O)N[C@@H](CN(C)C(=O)C(F)(F)F)C(C)(C)C)C(C)(C)C)C2(C)C. The third kappa shape index (κ3) is 9.49. The molecule has 1 unspecified atom stereocenters. The smallest absolute Gasteiger partial charge is 0.346 e. The summed E-state index contributed by atoms with van der Waals surface area (Å²) in [5.74, 6) is -5.09. The minimum atomic E-state index is -5.08. The second-order valence-electron chi connectivity index (χ2n) is 15.6. The van der Waals surface area contributed by atoms with Crippen LogP contribution in [0.2, 0.25) is 0 Å². The van der Waals surface area contributed by atoms with Crippen LogP contribution in [0.25, 0.3) is 0 Å². The second kappa shape index (κ2) is 14.9. The maximum atomic E-state index is 14.2. The summed E-state index contributed by atoms with van der Waals surface area (Å²) in [6.45, 7) is 19.4. The number of amides is 6. The van der Waals surface area contributed by atoms with E-state index < -0.39 is 83.2 Å². The van der Waals surface area contributed by atoms with E-state index in [1.165, 1.54) is 11.0 Å². The first-order valence-corrected chi connectivity index (χ1v) is 16.2. The lowest BCUT2D eigenvalue weighted by atomic mass is 9.85. The van der Waals surface area contributed by atoms with Gasteiger partial charge < -0.3 is 31.1 Å². The molecule has 0 aromatic carbocycles. The quantitative estimate of drug-likeness (QED) is 0.173. The van der Waals surface area contributed by atoms with E-state index in [0.717, 1.165) is 7.05 Å². The van der Waals surface area contributed by atoms with Crippen LogP contribution in [0.5, 0.6) is 0 Å². The van der Waals surface area contributed by atoms with Crippen molar-refractivity contribution in [1.29, 1.82) is 0 Å². The van der Waals surface area contributed by atoms with Gasteiger partial charge in [0.05, 0.1) is 12.1 Å². The van der Waals surface area contributed by atoms with E-state index in [4.69, 9.17) is 0 Å². The Morgan fingerprint density at radius 1 is 0.979 bits per heavy atom. The predicted octanol–water partition coefficient (Wildman–Crippen LogP) is 2.77. The summed E-state index contributed by atoms with van der Waals surface area (Å²) in [5, 5.41) is 10.5. The first-order valence-electron chi connectivity index (χ1n) is 16.2. The van der Waals surface area contributed by atoms with Gasteiger partial charge in [0.25, 0.3) is 5.91 Å². The molecule has 2 fully saturated rings. The summed E-state index contributed by atoms with van der Waals surface area (Å²) in [4.78, 5) is 80.5. The van der Waals surface area contributed by atoms with E-state index in [1.54, 1.807) is 48.5 Å². The van der Waals surface area contributed by atoms with Gasteiger partial charge in [0.2, 0.25) is 17.6 Å². The largest absolute Gasteiger partial charge is 0.471 e. The summed E-state index contributed by atoms with van der Waals surface area (Å²) in [5.41, 5.74) is -1.92. The molecule has 1 saturated heterocycles. The maximum Gasteiger partial charge on any atom is 0.471 e. The lowest BCUT2D eigenvalue weighted by Crippen LogP contribution is -2.63. The Hall–Kier alpha value is -3.65. The molecule has 2 rings (SSSR count). The van der Waals surface area contributed by atoms with E-state index >= 15 is 0 Å². The van der Waals surface area contributed by atoms with E-state index in [-0.39, 0.29) is 36.8 Å². The number of Topliss-reactive ketones (excluding diaryl/α,β-unsaturated/α-hetero) is 1. The number of urea groups is 1. The molecule has 6 amide bonds. The highest BCUT2D eigenvalue weighted by Crippen LogP contribution is 2.65. The molecule has 2 aliphatic rings. The second-order valence-corrected chi connectivity index (χ2v) is 15.6. The van der Waals surface area contributed by atoms with Crippen molar-refractivity contribution in [2.45, 2.75) is 105 Å². The van der Waals surface area contributed by atoms with Crippen molar-refractivity contribution in [1.82, 2.24) is 31.1 Å². The molecule has 272 valence electrons. The maximum absolute atomic E-state index is 14.2. The number of fused-ring (bicyclic) bond motifs is 1. The normalized spacial score (nSPS) is 21.9. The Labute approximate surface area is 281 Å². The van der Waals surface area contributed by atoms with Crippen LogP contribution in [0, 0.1) is 28.1 Å². The monoisotopic (exact) mass is 686 g/mol. The highest BCUT2D eigenvalue weighted by molar-refractivity contribution is 6.38. The van der Waals surface area contributed by atoms with Crippen LogP contribution in [0.1, 0.15) is 75.2 Å². The molecular weight excluding hydrogens is 633 g/mol. The van der Waals surface area contributed by atoms with Crippen LogP contribution in [-0.4, -0.2) is 102 Å².